The Hall–Kier alpha value is -1.43. The molecule has 2 fully saturated rings. The molecule has 5 atom stereocenters. The number of hydrogen-bond donors (Lipinski definition) is 2. The van der Waals surface area contributed by atoms with Crippen LogP contribution in [0.2, 0.25) is 0 Å². The Bertz CT molecular complexity index is 521. The van der Waals surface area contributed by atoms with E-state index in [9.17, 15) is 15.0 Å². The largest absolute Gasteiger partial charge is 0.462 e. The zero-order valence-corrected chi connectivity index (χ0v) is 12.8. The lowest BCUT2D eigenvalue weighted by Gasteiger charge is -2.36. The number of aliphatic hydroxyl groups is 2. The lowest BCUT2D eigenvalue weighted by Crippen LogP contribution is -2.45. The Morgan fingerprint density at radius 2 is 2.05 bits per heavy atom. The van der Waals surface area contributed by atoms with Gasteiger partial charge in [0.05, 0.1) is 12.7 Å². The number of benzene rings is 1. The van der Waals surface area contributed by atoms with Gasteiger partial charge in [0.2, 0.25) is 0 Å². The maximum atomic E-state index is 12.4. The van der Waals surface area contributed by atoms with Crippen LogP contribution in [0.4, 0.5) is 0 Å². The first kappa shape index (κ1) is 15.5. The molecule has 22 heavy (non-hydrogen) atoms. The molecule has 2 heterocycles. The van der Waals surface area contributed by atoms with Crippen molar-refractivity contribution in [3.05, 3.63) is 35.9 Å². The van der Waals surface area contributed by atoms with E-state index < -0.39 is 5.92 Å². The minimum absolute atomic E-state index is 0.0702. The maximum Gasteiger partial charge on any atom is 0.316 e. The molecule has 0 radical (unpaired) electrons. The number of carbonyl (C=O) groups excluding carboxylic acids is 1. The molecule has 5 nitrogen and oxygen atoms in total. The van der Waals surface area contributed by atoms with E-state index in [1.807, 2.05) is 37.4 Å². The third-order valence-electron chi connectivity index (χ3n) is 5.05. The molecule has 0 saturated carbocycles. The van der Waals surface area contributed by atoms with Gasteiger partial charge < -0.3 is 14.9 Å². The van der Waals surface area contributed by atoms with Crippen molar-refractivity contribution in [1.29, 1.82) is 0 Å². The number of fused-ring (bicyclic) bond motifs is 2. The summed E-state index contributed by atoms with van der Waals surface area (Å²) in [5.74, 6) is -1.01. The fraction of sp³-hybridized carbons (Fsp3) is 0.588. The van der Waals surface area contributed by atoms with Crippen molar-refractivity contribution in [2.45, 2.75) is 49.5 Å². The lowest BCUT2D eigenvalue weighted by molar-refractivity contribution is -0.155. The molecule has 2 aliphatic rings. The lowest BCUT2D eigenvalue weighted by atomic mass is 9.98. The van der Waals surface area contributed by atoms with Gasteiger partial charge in [-0.25, -0.2) is 0 Å². The molecule has 5 heteroatoms. The summed E-state index contributed by atoms with van der Waals surface area (Å²) in [5, 5.41) is 19.6. The summed E-state index contributed by atoms with van der Waals surface area (Å²) < 4.78 is 5.64. The second-order valence-corrected chi connectivity index (χ2v) is 6.37. The van der Waals surface area contributed by atoms with E-state index in [1.165, 1.54) is 0 Å². The van der Waals surface area contributed by atoms with Gasteiger partial charge in [0.15, 0.2) is 0 Å². The van der Waals surface area contributed by atoms with Gasteiger partial charge in [-0.3, -0.25) is 9.69 Å². The number of esters is 1. The molecule has 0 unspecified atom stereocenters. The number of carbonyl (C=O) groups is 1. The van der Waals surface area contributed by atoms with Gasteiger partial charge in [0.1, 0.15) is 12.0 Å². The molecule has 2 aliphatic heterocycles. The first-order valence-corrected chi connectivity index (χ1v) is 7.86. The Balaban J connectivity index is 1.65. The standard InChI is InChI=1S/C17H23NO4/c1-18-12-7-13(9-15(18)16(20)8-12)22-17(21)14(10-19)11-5-3-2-4-6-11/h2-6,12-16,19-20H,7-10H2,1H3/t12-,13-,14+,15-,16+/m1/s1. The van der Waals surface area contributed by atoms with Crippen molar-refractivity contribution in [3.63, 3.8) is 0 Å². The van der Waals surface area contributed by atoms with Gasteiger partial charge in [-0.05, 0) is 19.0 Å². The van der Waals surface area contributed by atoms with Crippen LogP contribution < -0.4 is 0 Å². The van der Waals surface area contributed by atoms with E-state index in [0.717, 1.165) is 18.4 Å². The molecule has 0 aromatic heterocycles. The number of aliphatic hydroxyl groups excluding tert-OH is 2. The average molecular weight is 305 g/mol. The first-order valence-electron chi connectivity index (χ1n) is 7.86. The third kappa shape index (κ3) is 2.89. The molecule has 2 saturated heterocycles. The van der Waals surface area contributed by atoms with Crippen LogP contribution in [0.5, 0.6) is 0 Å². The van der Waals surface area contributed by atoms with Gasteiger partial charge in [-0.1, -0.05) is 30.3 Å². The van der Waals surface area contributed by atoms with E-state index in [-0.39, 0.29) is 36.9 Å². The SMILES string of the molecule is CN1[C@@H]2C[C@@H](OC(=O)[C@@H](CO)c3ccccc3)C[C@@H]1[C@@H](O)C2. The highest BCUT2D eigenvalue weighted by molar-refractivity contribution is 5.78. The van der Waals surface area contributed by atoms with Crippen LogP contribution in [-0.4, -0.2) is 59.0 Å². The third-order valence-corrected chi connectivity index (χ3v) is 5.05. The zero-order chi connectivity index (χ0) is 15.7. The summed E-state index contributed by atoms with van der Waals surface area (Å²) >= 11 is 0. The predicted octanol–water partition coefficient (Wildman–Crippen LogP) is 0.902. The molecule has 0 aliphatic carbocycles. The molecule has 2 bridgehead atoms. The summed E-state index contributed by atoms with van der Waals surface area (Å²) in [6.45, 7) is -0.259. The van der Waals surface area contributed by atoms with Crippen molar-refractivity contribution in [2.75, 3.05) is 13.7 Å². The number of ether oxygens (including phenoxy) is 1. The van der Waals surface area contributed by atoms with Crippen molar-refractivity contribution in [2.24, 2.45) is 0 Å². The van der Waals surface area contributed by atoms with Crippen LogP contribution in [0.1, 0.15) is 30.7 Å². The maximum absolute atomic E-state index is 12.4. The van der Waals surface area contributed by atoms with Crippen molar-refractivity contribution >= 4 is 5.97 Å². The number of likely N-dealkylation sites (N-methyl/N-ethyl adjacent to an activating group) is 1. The summed E-state index contributed by atoms with van der Waals surface area (Å²) in [6.07, 6.45) is 1.66. The Morgan fingerprint density at radius 1 is 1.32 bits per heavy atom. The second-order valence-electron chi connectivity index (χ2n) is 6.37. The monoisotopic (exact) mass is 305 g/mol. The van der Waals surface area contributed by atoms with Crippen molar-refractivity contribution in [1.82, 2.24) is 4.90 Å². The average Bonchev–Trinajstić information content (AvgIpc) is 2.68. The topological polar surface area (TPSA) is 70.0 Å². The fourth-order valence-corrected chi connectivity index (χ4v) is 3.74. The zero-order valence-electron chi connectivity index (χ0n) is 12.8. The Labute approximate surface area is 130 Å². The normalized spacial score (nSPS) is 32.7. The van der Waals surface area contributed by atoms with Gasteiger partial charge >= 0.3 is 5.97 Å². The number of nitrogens with zero attached hydrogens (tertiary/aromatic N) is 1. The molecule has 1 aromatic rings. The van der Waals surface area contributed by atoms with Crippen molar-refractivity contribution in [3.8, 4) is 0 Å². The second kappa shape index (κ2) is 6.36. The quantitative estimate of drug-likeness (QED) is 0.809. The predicted molar refractivity (Wildman–Crippen MR) is 81.3 cm³/mol. The minimum Gasteiger partial charge on any atom is -0.462 e. The summed E-state index contributed by atoms with van der Waals surface area (Å²) in [7, 11) is 2.02. The highest BCUT2D eigenvalue weighted by Crippen LogP contribution is 2.36. The minimum atomic E-state index is -0.636. The van der Waals surface area contributed by atoms with Gasteiger partial charge in [0, 0.05) is 24.9 Å². The fourth-order valence-electron chi connectivity index (χ4n) is 3.74. The molecule has 2 N–H and O–H groups in total. The van der Waals surface area contributed by atoms with E-state index in [4.69, 9.17) is 4.74 Å². The van der Waals surface area contributed by atoms with Crippen molar-refractivity contribution < 1.29 is 19.7 Å². The first-order chi connectivity index (χ1) is 10.6. The number of piperidine rings is 1. The van der Waals surface area contributed by atoms with Gasteiger partial charge in [-0.15, -0.1) is 0 Å². The Morgan fingerprint density at radius 3 is 2.68 bits per heavy atom. The highest BCUT2D eigenvalue weighted by atomic mass is 16.5. The summed E-state index contributed by atoms with van der Waals surface area (Å²) in [6, 6.07) is 9.56. The number of rotatable bonds is 4. The summed E-state index contributed by atoms with van der Waals surface area (Å²) in [4.78, 5) is 14.6. The molecule has 0 spiro atoms. The summed E-state index contributed by atoms with van der Waals surface area (Å²) in [5.41, 5.74) is 0.769. The van der Waals surface area contributed by atoms with Crippen LogP contribution in [0.3, 0.4) is 0 Å². The van der Waals surface area contributed by atoms with Crippen LogP contribution in [0.15, 0.2) is 30.3 Å². The molecular formula is C17H23NO4. The van der Waals surface area contributed by atoms with E-state index >= 15 is 0 Å². The van der Waals surface area contributed by atoms with E-state index in [1.54, 1.807) is 0 Å². The molecule has 1 aromatic carbocycles. The van der Waals surface area contributed by atoms with Crippen LogP contribution in [-0.2, 0) is 9.53 Å². The molecular weight excluding hydrogens is 282 g/mol. The smallest absolute Gasteiger partial charge is 0.316 e. The molecule has 120 valence electrons. The van der Waals surface area contributed by atoms with Crippen LogP contribution >= 0.6 is 0 Å². The van der Waals surface area contributed by atoms with Gasteiger partial charge in [0.25, 0.3) is 0 Å². The van der Waals surface area contributed by atoms with E-state index in [0.29, 0.717) is 6.42 Å². The highest BCUT2D eigenvalue weighted by Gasteiger charge is 2.45. The van der Waals surface area contributed by atoms with Crippen LogP contribution in [0, 0.1) is 0 Å². The number of hydrogen-bond acceptors (Lipinski definition) is 5. The van der Waals surface area contributed by atoms with E-state index in [2.05, 4.69) is 4.90 Å². The van der Waals surface area contributed by atoms with Crippen LogP contribution in [0.25, 0.3) is 0 Å². The Kier molecular flexibility index (Phi) is 4.47. The molecule has 3 rings (SSSR count). The van der Waals surface area contributed by atoms with Gasteiger partial charge in [-0.2, -0.15) is 0 Å². The molecule has 0 amide bonds.